The Morgan fingerprint density at radius 3 is 2.64 bits per heavy atom. The van der Waals surface area contributed by atoms with Crippen molar-refractivity contribution in [1.82, 2.24) is 0 Å². The summed E-state index contributed by atoms with van der Waals surface area (Å²) in [5.41, 5.74) is 3.82. The third-order valence-corrected chi connectivity index (χ3v) is 5.86. The van der Waals surface area contributed by atoms with E-state index in [0.29, 0.717) is 0 Å². The molecule has 0 aliphatic carbocycles. The number of aromatic nitrogens is 1. The predicted octanol–water partition coefficient (Wildman–Crippen LogP) is 2.07. The van der Waals surface area contributed by atoms with E-state index in [9.17, 15) is 0 Å². The van der Waals surface area contributed by atoms with Gasteiger partial charge in [-0.1, -0.05) is 52.0 Å². The number of nitrogens with zero attached hydrogens (tertiary/aromatic N) is 2. The molecule has 0 saturated heterocycles. The fourth-order valence-electron chi connectivity index (χ4n) is 3.10. The van der Waals surface area contributed by atoms with Crippen molar-refractivity contribution in [3.05, 3.63) is 71.4 Å². The average molecular weight is 525 g/mol. The summed E-state index contributed by atoms with van der Waals surface area (Å²) in [5.74, 6) is 0. The van der Waals surface area contributed by atoms with Gasteiger partial charge in [-0.25, -0.2) is 0 Å². The van der Waals surface area contributed by atoms with E-state index in [-0.39, 0.29) is 24.0 Å². The van der Waals surface area contributed by atoms with Gasteiger partial charge in [0.2, 0.25) is 5.52 Å². The Morgan fingerprint density at radius 2 is 1.84 bits per heavy atom. The molecule has 0 fully saturated rings. The molecule has 5 heteroatoms. The zero-order valence-corrected chi connectivity index (χ0v) is 18.4. The highest BCUT2D eigenvalue weighted by atomic mass is 127. The molecule has 0 spiro atoms. The number of alkyl halides is 1. The molecule has 1 aliphatic heterocycles. The lowest BCUT2D eigenvalue weighted by molar-refractivity contribution is -0.666. The van der Waals surface area contributed by atoms with Crippen LogP contribution in [0.1, 0.15) is 5.56 Å². The number of hydrogen-bond acceptors (Lipinski definition) is 2. The first kappa shape index (κ1) is 18.7. The van der Waals surface area contributed by atoms with Gasteiger partial charge in [-0.15, -0.1) is 0 Å². The summed E-state index contributed by atoms with van der Waals surface area (Å²) in [6, 6.07) is 19.4. The van der Waals surface area contributed by atoms with E-state index >= 15 is 0 Å². The van der Waals surface area contributed by atoms with Crippen LogP contribution in [0.25, 0.3) is 17.0 Å². The Hall–Kier alpha value is -1.05. The van der Waals surface area contributed by atoms with Crippen molar-refractivity contribution in [2.24, 2.45) is 0 Å². The largest absolute Gasteiger partial charge is 1.00 e. The number of benzene rings is 2. The van der Waals surface area contributed by atoms with Gasteiger partial charge in [0.25, 0.3) is 0 Å². The fraction of sp³-hybridized carbons (Fsp3) is 0.150. The zero-order chi connectivity index (χ0) is 16.5. The number of rotatable bonds is 3. The Bertz CT molecular complexity index is 942. The quantitative estimate of drug-likeness (QED) is 0.294. The first-order chi connectivity index (χ1) is 11.8. The SMILES string of the molecule is CN1C(=Cc2cc[n+](CCBr)c3ccccc23)Sc2ccccc21.[I-]. The second-order valence-electron chi connectivity index (χ2n) is 5.78. The van der Waals surface area contributed by atoms with Crippen molar-refractivity contribution >= 4 is 50.4 Å². The second-order valence-corrected chi connectivity index (χ2v) is 7.64. The third-order valence-electron chi connectivity index (χ3n) is 4.33. The molecule has 25 heavy (non-hydrogen) atoms. The Kier molecular flexibility index (Phi) is 6.07. The molecule has 0 atom stereocenters. The van der Waals surface area contributed by atoms with Crippen LogP contribution < -0.4 is 33.4 Å². The van der Waals surface area contributed by atoms with Gasteiger partial charge < -0.3 is 28.9 Å². The highest BCUT2D eigenvalue weighted by molar-refractivity contribution is 9.09. The van der Waals surface area contributed by atoms with Crippen LogP contribution in [0.3, 0.4) is 0 Å². The minimum absolute atomic E-state index is 0. The van der Waals surface area contributed by atoms with E-state index in [0.717, 1.165) is 11.9 Å². The summed E-state index contributed by atoms with van der Waals surface area (Å²) >= 11 is 5.38. The molecular weight excluding hydrogens is 507 g/mol. The fourth-order valence-corrected chi connectivity index (χ4v) is 4.58. The molecular formula is C20H18BrIN2S. The van der Waals surface area contributed by atoms with E-state index in [1.807, 2.05) is 11.8 Å². The number of thioether (sulfide) groups is 1. The summed E-state index contributed by atoms with van der Waals surface area (Å²) in [5, 5.41) is 3.51. The lowest BCUT2D eigenvalue weighted by atomic mass is 10.1. The van der Waals surface area contributed by atoms with Crippen molar-refractivity contribution < 1.29 is 28.5 Å². The molecule has 3 aromatic rings. The number of anilines is 1. The highest BCUT2D eigenvalue weighted by Gasteiger charge is 2.22. The summed E-state index contributed by atoms with van der Waals surface area (Å²) in [6.07, 6.45) is 4.48. The predicted molar refractivity (Wildman–Crippen MR) is 107 cm³/mol. The Morgan fingerprint density at radius 1 is 1.08 bits per heavy atom. The maximum Gasteiger partial charge on any atom is 0.213 e. The summed E-state index contributed by atoms with van der Waals surface area (Å²) in [4.78, 5) is 3.59. The van der Waals surface area contributed by atoms with Crippen LogP contribution in [0, 0.1) is 0 Å². The molecule has 128 valence electrons. The van der Waals surface area contributed by atoms with Crippen LogP contribution in [0.2, 0.25) is 0 Å². The first-order valence-electron chi connectivity index (χ1n) is 7.97. The third kappa shape index (κ3) is 3.59. The van der Waals surface area contributed by atoms with Gasteiger partial charge in [-0.05, 0) is 29.8 Å². The summed E-state index contributed by atoms with van der Waals surface area (Å²) < 4.78 is 2.30. The smallest absolute Gasteiger partial charge is 0.213 e. The van der Waals surface area contributed by atoms with Crippen molar-refractivity contribution in [2.75, 3.05) is 17.3 Å². The Balaban J connectivity index is 0.00000182. The molecule has 0 bridgehead atoms. The van der Waals surface area contributed by atoms with Crippen LogP contribution in [0.15, 0.2) is 70.7 Å². The lowest BCUT2D eigenvalue weighted by Crippen LogP contribution is -3.00. The van der Waals surface area contributed by atoms with Gasteiger partial charge in [-0.2, -0.15) is 4.57 Å². The van der Waals surface area contributed by atoms with Crippen LogP contribution in [-0.2, 0) is 6.54 Å². The van der Waals surface area contributed by atoms with Crippen LogP contribution in [0.4, 0.5) is 5.69 Å². The van der Waals surface area contributed by atoms with Gasteiger partial charge in [-0.3, -0.25) is 0 Å². The van der Waals surface area contributed by atoms with E-state index < -0.39 is 0 Å². The molecule has 0 N–H and O–H groups in total. The molecule has 2 nitrogen and oxygen atoms in total. The minimum Gasteiger partial charge on any atom is -1.00 e. The van der Waals surface area contributed by atoms with Crippen molar-refractivity contribution in [1.29, 1.82) is 0 Å². The second kappa shape index (κ2) is 8.10. The van der Waals surface area contributed by atoms with Gasteiger partial charge in [0.1, 0.15) is 0 Å². The van der Waals surface area contributed by atoms with E-state index in [1.54, 1.807) is 0 Å². The molecule has 2 heterocycles. The number of pyridine rings is 1. The number of aryl methyl sites for hydroxylation is 1. The van der Waals surface area contributed by atoms with E-state index in [2.05, 4.69) is 99.3 Å². The summed E-state index contributed by atoms with van der Waals surface area (Å²) in [7, 11) is 2.14. The molecule has 0 unspecified atom stereocenters. The van der Waals surface area contributed by atoms with Crippen molar-refractivity contribution in [3.8, 4) is 0 Å². The minimum atomic E-state index is 0. The number of hydrogen-bond donors (Lipinski definition) is 0. The first-order valence-corrected chi connectivity index (χ1v) is 9.91. The highest BCUT2D eigenvalue weighted by Crippen LogP contribution is 2.45. The monoisotopic (exact) mass is 524 g/mol. The number of halogens is 2. The summed E-state index contributed by atoms with van der Waals surface area (Å²) in [6.45, 7) is 0.970. The van der Waals surface area contributed by atoms with Gasteiger partial charge in [0, 0.05) is 24.1 Å². The van der Waals surface area contributed by atoms with E-state index in [4.69, 9.17) is 0 Å². The van der Waals surface area contributed by atoms with Crippen LogP contribution >= 0.6 is 27.7 Å². The van der Waals surface area contributed by atoms with Gasteiger partial charge in [0.15, 0.2) is 12.7 Å². The molecule has 1 aromatic heterocycles. The molecule has 0 radical (unpaired) electrons. The van der Waals surface area contributed by atoms with Crippen molar-refractivity contribution in [3.63, 3.8) is 0 Å². The molecule has 4 rings (SSSR count). The topological polar surface area (TPSA) is 7.12 Å². The maximum absolute atomic E-state index is 3.54. The number of para-hydroxylation sites is 2. The number of fused-ring (bicyclic) bond motifs is 2. The zero-order valence-electron chi connectivity index (χ0n) is 13.8. The van der Waals surface area contributed by atoms with E-state index in [1.165, 1.54) is 32.1 Å². The maximum atomic E-state index is 3.54. The standard InChI is InChI=1S/C20H18BrN2S.HI/c1-22-18-8-4-5-9-19(18)24-20(22)14-15-10-12-23(13-11-21)17-7-3-2-6-16(15)17;/h2-10,12,14H,11,13H2,1H3;1H/q+1;/p-1. The van der Waals surface area contributed by atoms with Gasteiger partial charge >= 0.3 is 0 Å². The molecule has 0 amide bonds. The average Bonchev–Trinajstić information content (AvgIpc) is 2.93. The van der Waals surface area contributed by atoms with Crippen molar-refractivity contribution in [2.45, 2.75) is 11.4 Å². The lowest BCUT2D eigenvalue weighted by Gasteiger charge is -2.13. The van der Waals surface area contributed by atoms with Crippen LogP contribution in [-0.4, -0.2) is 12.4 Å². The normalized spacial score (nSPS) is 14.6. The Labute approximate surface area is 178 Å². The molecule has 0 saturated carbocycles. The molecule has 1 aliphatic rings. The van der Waals surface area contributed by atoms with Crippen LogP contribution in [0.5, 0.6) is 0 Å². The molecule has 2 aromatic carbocycles. The van der Waals surface area contributed by atoms with Gasteiger partial charge in [0.05, 0.1) is 21.4 Å².